The van der Waals surface area contributed by atoms with Gasteiger partial charge in [0.2, 0.25) is 0 Å². The first-order valence-corrected chi connectivity index (χ1v) is 14.6. The van der Waals surface area contributed by atoms with Crippen molar-refractivity contribution in [3.8, 4) is 0 Å². The minimum absolute atomic E-state index is 0.124. The molecule has 0 aliphatic carbocycles. The Morgan fingerprint density at radius 1 is 0.783 bits per heavy atom. The number of hydrogen-bond donors (Lipinski definition) is 1. The first-order chi connectivity index (χ1) is 21.8. The topological polar surface area (TPSA) is 190 Å². The molecule has 11 atom stereocenters. The summed E-state index contributed by atoms with van der Waals surface area (Å²) < 4.78 is 62.6. The molecule has 1 aromatic carbocycles. The van der Waals surface area contributed by atoms with E-state index < -0.39 is 91.3 Å². The van der Waals surface area contributed by atoms with Crippen LogP contribution in [-0.4, -0.2) is 117 Å². The van der Waals surface area contributed by atoms with E-state index >= 15 is 0 Å². The molecule has 16 nitrogen and oxygen atoms in total. The van der Waals surface area contributed by atoms with Gasteiger partial charge in [-0.2, -0.15) is 0 Å². The van der Waals surface area contributed by atoms with E-state index in [-0.39, 0.29) is 19.8 Å². The summed E-state index contributed by atoms with van der Waals surface area (Å²) in [7, 11) is 1.37. The summed E-state index contributed by atoms with van der Waals surface area (Å²) in [6, 6.07) is 9.24. The van der Waals surface area contributed by atoms with E-state index in [1.165, 1.54) is 27.9 Å². The fourth-order valence-electron chi connectivity index (χ4n) is 5.37. The average Bonchev–Trinajstić information content (AvgIpc) is 3.33. The molecule has 0 aromatic heterocycles. The van der Waals surface area contributed by atoms with Gasteiger partial charge < -0.3 is 52.5 Å². The van der Waals surface area contributed by atoms with E-state index in [1.807, 2.05) is 30.3 Å². The number of rotatable bonds is 12. The standard InChI is InChI=1S/C30H40O16/c1-15(31)37-13-21-23(40-16(2)32)25(42-18(4)34)27-29(44-21)46-30(5,45-27)39-14-20-22(35)24(41-17(3)33)26(28(36-6)43-20)38-12-19-10-8-7-9-11-19/h7-11,20-29,35H,12-14H2,1-6H3/t20-,21-,22-,23+,24+,25+,26-,27-,28+,29-,30+/m1/s1. The van der Waals surface area contributed by atoms with Gasteiger partial charge in [0.15, 0.2) is 37.0 Å². The Kier molecular flexibility index (Phi) is 12.1. The summed E-state index contributed by atoms with van der Waals surface area (Å²) in [5, 5.41) is 11.2. The fourth-order valence-corrected chi connectivity index (χ4v) is 5.37. The van der Waals surface area contributed by atoms with Crippen molar-refractivity contribution in [3.63, 3.8) is 0 Å². The van der Waals surface area contributed by atoms with Crippen LogP contribution < -0.4 is 0 Å². The van der Waals surface area contributed by atoms with Crippen molar-refractivity contribution in [1.29, 1.82) is 0 Å². The summed E-state index contributed by atoms with van der Waals surface area (Å²) in [4.78, 5) is 47.5. The van der Waals surface area contributed by atoms with Crippen LogP contribution in [0.25, 0.3) is 0 Å². The van der Waals surface area contributed by atoms with E-state index in [0.717, 1.165) is 19.4 Å². The van der Waals surface area contributed by atoms with Crippen LogP contribution in [0.15, 0.2) is 30.3 Å². The Labute approximate surface area is 265 Å². The van der Waals surface area contributed by atoms with E-state index in [4.69, 9.17) is 52.1 Å². The number of hydrogen-bond acceptors (Lipinski definition) is 16. The molecule has 3 heterocycles. The van der Waals surface area contributed by atoms with Crippen molar-refractivity contribution in [3.05, 3.63) is 35.9 Å². The second kappa shape index (κ2) is 15.6. The summed E-state index contributed by atoms with van der Waals surface area (Å²) in [5.74, 6) is -4.56. The van der Waals surface area contributed by atoms with E-state index in [9.17, 15) is 24.3 Å². The van der Waals surface area contributed by atoms with Crippen LogP contribution in [0.1, 0.15) is 40.2 Å². The molecule has 4 rings (SSSR count). The van der Waals surface area contributed by atoms with Gasteiger partial charge in [-0.3, -0.25) is 23.9 Å². The predicted molar refractivity (Wildman–Crippen MR) is 149 cm³/mol. The second-order valence-electron chi connectivity index (χ2n) is 11.0. The molecule has 0 bridgehead atoms. The lowest BCUT2D eigenvalue weighted by molar-refractivity contribution is -0.366. The van der Waals surface area contributed by atoms with Crippen LogP contribution in [0.5, 0.6) is 0 Å². The molecular formula is C30H40O16. The van der Waals surface area contributed by atoms with Gasteiger partial charge in [-0.1, -0.05) is 30.3 Å². The molecule has 16 heteroatoms. The lowest BCUT2D eigenvalue weighted by Crippen LogP contribution is -2.61. The molecule has 0 radical (unpaired) electrons. The average molecular weight is 657 g/mol. The maximum absolute atomic E-state index is 12.0. The van der Waals surface area contributed by atoms with Crippen molar-refractivity contribution < 1.29 is 76.4 Å². The zero-order chi connectivity index (χ0) is 33.6. The summed E-state index contributed by atoms with van der Waals surface area (Å²) in [6.45, 7) is 5.51. The monoisotopic (exact) mass is 656 g/mol. The highest BCUT2D eigenvalue weighted by Crippen LogP contribution is 2.40. The normalized spacial score (nSPS) is 35.5. The number of esters is 4. The molecule has 0 amide bonds. The van der Waals surface area contributed by atoms with Gasteiger partial charge in [-0.25, -0.2) is 0 Å². The smallest absolute Gasteiger partial charge is 0.303 e. The van der Waals surface area contributed by atoms with E-state index in [0.29, 0.717) is 0 Å². The van der Waals surface area contributed by atoms with Gasteiger partial charge in [-0.05, 0) is 5.56 Å². The molecule has 0 spiro atoms. The van der Waals surface area contributed by atoms with Gasteiger partial charge in [0, 0.05) is 41.7 Å². The van der Waals surface area contributed by atoms with Crippen LogP contribution in [0.3, 0.4) is 0 Å². The van der Waals surface area contributed by atoms with Crippen LogP contribution in [0.2, 0.25) is 0 Å². The predicted octanol–water partition coefficient (Wildman–Crippen LogP) is 0.493. The molecule has 3 aliphatic heterocycles. The van der Waals surface area contributed by atoms with Crippen LogP contribution in [0.4, 0.5) is 0 Å². The number of ether oxygens (including phenoxy) is 11. The number of aliphatic hydroxyl groups excluding tert-OH is 1. The summed E-state index contributed by atoms with van der Waals surface area (Å²) in [5.41, 5.74) is 0.837. The number of carbonyl (C=O) groups excluding carboxylic acids is 4. The zero-order valence-electron chi connectivity index (χ0n) is 26.4. The van der Waals surface area contributed by atoms with Gasteiger partial charge in [0.25, 0.3) is 5.97 Å². The van der Waals surface area contributed by atoms with E-state index in [1.54, 1.807) is 0 Å². The maximum Gasteiger partial charge on any atom is 0.303 e. The minimum Gasteiger partial charge on any atom is -0.463 e. The Bertz CT molecular complexity index is 1210. The molecule has 3 aliphatic rings. The third-order valence-electron chi connectivity index (χ3n) is 7.27. The number of aliphatic hydroxyl groups is 1. The molecular weight excluding hydrogens is 616 g/mol. The number of carbonyl (C=O) groups is 4. The lowest BCUT2D eigenvalue weighted by Gasteiger charge is -2.43. The fraction of sp³-hybridized carbons (Fsp3) is 0.667. The highest BCUT2D eigenvalue weighted by molar-refractivity contribution is 5.68. The molecule has 0 unspecified atom stereocenters. The van der Waals surface area contributed by atoms with Crippen molar-refractivity contribution in [2.75, 3.05) is 20.3 Å². The minimum atomic E-state index is -1.87. The van der Waals surface area contributed by atoms with Crippen LogP contribution in [-0.2, 0) is 77.9 Å². The van der Waals surface area contributed by atoms with Crippen molar-refractivity contribution in [2.24, 2.45) is 0 Å². The van der Waals surface area contributed by atoms with Gasteiger partial charge in [-0.15, -0.1) is 0 Å². The molecule has 1 N–H and O–H groups in total. The van der Waals surface area contributed by atoms with Gasteiger partial charge in [0.1, 0.15) is 31.0 Å². The first-order valence-electron chi connectivity index (χ1n) is 14.6. The second-order valence-corrected chi connectivity index (χ2v) is 11.0. The van der Waals surface area contributed by atoms with Crippen molar-refractivity contribution >= 4 is 23.9 Å². The van der Waals surface area contributed by atoms with Gasteiger partial charge in [0.05, 0.1) is 13.2 Å². The Morgan fingerprint density at radius 3 is 2.02 bits per heavy atom. The Hall–Kier alpha value is -3.22. The zero-order valence-corrected chi connectivity index (χ0v) is 26.4. The molecule has 0 saturated carbocycles. The maximum atomic E-state index is 12.0. The molecule has 46 heavy (non-hydrogen) atoms. The number of methoxy groups -OCH3 is 1. The summed E-state index contributed by atoms with van der Waals surface area (Å²) in [6.07, 6.45) is -11.8. The highest BCUT2D eigenvalue weighted by Gasteiger charge is 2.60. The highest BCUT2D eigenvalue weighted by atomic mass is 16.9. The lowest BCUT2D eigenvalue weighted by atomic mass is 9.98. The Morgan fingerprint density at radius 2 is 1.41 bits per heavy atom. The van der Waals surface area contributed by atoms with Gasteiger partial charge >= 0.3 is 23.9 Å². The molecule has 3 fully saturated rings. The summed E-state index contributed by atoms with van der Waals surface area (Å²) >= 11 is 0. The third kappa shape index (κ3) is 8.98. The van der Waals surface area contributed by atoms with Crippen molar-refractivity contribution in [1.82, 2.24) is 0 Å². The molecule has 3 saturated heterocycles. The number of fused-ring (bicyclic) bond motifs is 1. The van der Waals surface area contributed by atoms with Crippen molar-refractivity contribution in [2.45, 2.75) is 109 Å². The quantitative estimate of drug-likeness (QED) is 0.241. The third-order valence-corrected chi connectivity index (χ3v) is 7.27. The van der Waals surface area contributed by atoms with Crippen LogP contribution in [0, 0.1) is 0 Å². The molecule has 1 aromatic rings. The number of benzene rings is 1. The molecule has 256 valence electrons. The van der Waals surface area contributed by atoms with Crippen LogP contribution >= 0.6 is 0 Å². The van der Waals surface area contributed by atoms with E-state index in [2.05, 4.69) is 0 Å². The Balaban J connectivity index is 1.48. The first kappa shape index (κ1) is 35.6. The SMILES string of the molecule is CO[C@H]1O[C@H](CO[C@]2(C)O[C@H]3O[C@H](COC(C)=O)[C@H](OC(C)=O)[C@H](OC(C)=O)[C@H]3O2)[C@@H](O)[C@H](OC(C)=O)[C@H]1OCc1ccccc1. The largest absolute Gasteiger partial charge is 0.463 e.